The van der Waals surface area contributed by atoms with Gasteiger partial charge in [0.05, 0.1) is 12.1 Å². The van der Waals surface area contributed by atoms with Crippen LogP contribution in [0.1, 0.15) is 23.3 Å². The van der Waals surface area contributed by atoms with Crippen LogP contribution >= 0.6 is 11.3 Å². The molecular weight excluding hydrogens is 353 g/mol. The fraction of sp³-hybridized carbons (Fsp3) is 0.353. The molecule has 8 heteroatoms. The summed E-state index contributed by atoms with van der Waals surface area (Å²) in [5.74, 6) is 0.0833. The Morgan fingerprint density at radius 1 is 1.24 bits per heavy atom. The number of amides is 2. The minimum absolute atomic E-state index is 0.00295. The first-order valence-electron chi connectivity index (χ1n) is 7.77. The SMILES string of the molecule is O=C(NCC(O)(c1cccs1)C1CC1)Nc1cccc(C(F)(F)F)c1. The number of nitrogens with one attached hydrogen (secondary N) is 2. The van der Waals surface area contributed by atoms with Crippen molar-refractivity contribution >= 4 is 23.1 Å². The molecular formula is C17H17F3N2O2S. The number of thiophene rings is 1. The van der Waals surface area contributed by atoms with Crippen molar-refractivity contribution in [3.63, 3.8) is 0 Å². The lowest BCUT2D eigenvalue weighted by Crippen LogP contribution is -2.43. The Kier molecular flexibility index (Phi) is 4.75. The quantitative estimate of drug-likeness (QED) is 0.739. The van der Waals surface area contributed by atoms with E-state index in [0.717, 1.165) is 29.9 Å². The van der Waals surface area contributed by atoms with E-state index in [2.05, 4.69) is 10.6 Å². The zero-order chi connectivity index (χ0) is 18.1. The lowest BCUT2D eigenvalue weighted by molar-refractivity contribution is -0.137. The van der Waals surface area contributed by atoms with Gasteiger partial charge < -0.3 is 15.7 Å². The number of benzene rings is 1. The van der Waals surface area contributed by atoms with Crippen molar-refractivity contribution in [2.45, 2.75) is 24.6 Å². The van der Waals surface area contributed by atoms with Gasteiger partial charge in [0.15, 0.2) is 0 Å². The summed E-state index contributed by atoms with van der Waals surface area (Å²) >= 11 is 1.41. The van der Waals surface area contributed by atoms with E-state index in [1.807, 2.05) is 17.5 Å². The molecule has 1 aliphatic carbocycles. The third-order valence-corrected chi connectivity index (χ3v) is 5.20. The van der Waals surface area contributed by atoms with Crippen LogP contribution in [-0.4, -0.2) is 17.7 Å². The van der Waals surface area contributed by atoms with Gasteiger partial charge in [0.1, 0.15) is 5.60 Å². The summed E-state index contributed by atoms with van der Waals surface area (Å²) in [6.45, 7) is 0.00295. The number of carbonyl (C=O) groups is 1. The number of anilines is 1. The second kappa shape index (κ2) is 6.68. The van der Waals surface area contributed by atoms with E-state index in [1.165, 1.54) is 23.5 Å². The molecule has 1 aromatic heterocycles. The standard InChI is InChI=1S/C17H17F3N2O2S/c18-17(19,20)12-3-1-4-13(9-12)22-15(23)21-10-16(24,11-6-7-11)14-5-2-8-25-14/h1-5,8-9,11,24H,6-7,10H2,(H2,21,22,23). The second-order valence-corrected chi connectivity index (χ2v) is 7.01. The summed E-state index contributed by atoms with van der Waals surface area (Å²) in [6, 6.07) is 7.39. The number of aliphatic hydroxyl groups is 1. The molecule has 1 aliphatic rings. The summed E-state index contributed by atoms with van der Waals surface area (Å²) in [7, 11) is 0. The number of hydrogen-bond acceptors (Lipinski definition) is 3. The molecule has 2 aromatic rings. The van der Waals surface area contributed by atoms with Crippen molar-refractivity contribution in [3.05, 3.63) is 52.2 Å². The number of alkyl halides is 3. The molecule has 1 aromatic carbocycles. The van der Waals surface area contributed by atoms with E-state index in [9.17, 15) is 23.1 Å². The summed E-state index contributed by atoms with van der Waals surface area (Å²) in [6.07, 6.45) is -2.71. The molecule has 1 saturated carbocycles. The average molecular weight is 370 g/mol. The van der Waals surface area contributed by atoms with Gasteiger partial charge in [-0.2, -0.15) is 13.2 Å². The predicted molar refractivity (Wildman–Crippen MR) is 89.4 cm³/mol. The van der Waals surface area contributed by atoms with Crippen molar-refractivity contribution in [1.82, 2.24) is 5.32 Å². The highest BCUT2D eigenvalue weighted by molar-refractivity contribution is 7.10. The van der Waals surface area contributed by atoms with Crippen LogP contribution in [0.4, 0.5) is 23.7 Å². The topological polar surface area (TPSA) is 61.4 Å². The van der Waals surface area contributed by atoms with E-state index < -0.39 is 23.4 Å². The fourth-order valence-corrected chi connectivity index (χ4v) is 3.59. The molecule has 25 heavy (non-hydrogen) atoms. The number of rotatable bonds is 5. The van der Waals surface area contributed by atoms with Crippen LogP contribution in [0.25, 0.3) is 0 Å². The lowest BCUT2D eigenvalue weighted by Gasteiger charge is -2.27. The minimum Gasteiger partial charge on any atom is -0.382 e. The van der Waals surface area contributed by atoms with E-state index in [-0.39, 0.29) is 18.2 Å². The summed E-state index contributed by atoms with van der Waals surface area (Å²) in [5, 5.41) is 17.7. The van der Waals surface area contributed by atoms with Gasteiger partial charge in [0.2, 0.25) is 0 Å². The van der Waals surface area contributed by atoms with Crippen LogP contribution < -0.4 is 10.6 Å². The molecule has 4 nitrogen and oxygen atoms in total. The molecule has 1 atom stereocenters. The van der Waals surface area contributed by atoms with E-state index in [0.29, 0.717) is 0 Å². The Morgan fingerprint density at radius 2 is 2.00 bits per heavy atom. The number of urea groups is 1. The van der Waals surface area contributed by atoms with Crippen LogP contribution in [0, 0.1) is 5.92 Å². The fourth-order valence-electron chi connectivity index (χ4n) is 2.68. The number of halogens is 3. The molecule has 1 fully saturated rings. The molecule has 0 bridgehead atoms. The van der Waals surface area contributed by atoms with Crippen LogP contribution in [0.5, 0.6) is 0 Å². The van der Waals surface area contributed by atoms with Gasteiger partial charge in [-0.15, -0.1) is 11.3 Å². The van der Waals surface area contributed by atoms with Crippen molar-refractivity contribution in [1.29, 1.82) is 0 Å². The van der Waals surface area contributed by atoms with Crippen molar-refractivity contribution in [2.24, 2.45) is 5.92 Å². The first-order valence-corrected chi connectivity index (χ1v) is 8.65. The minimum atomic E-state index is -4.47. The second-order valence-electron chi connectivity index (χ2n) is 6.06. The first kappa shape index (κ1) is 17.8. The summed E-state index contributed by atoms with van der Waals surface area (Å²) in [5.41, 5.74) is -1.93. The highest BCUT2D eigenvalue weighted by atomic mass is 32.1. The van der Waals surface area contributed by atoms with Crippen LogP contribution in [-0.2, 0) is 11.8 Å². The molecule has 3 N–H and O–H groups in total. The van der Waals surface area contributed by atoms with Gasteiger partial charge in [-0.3, -0.25) is 0 Å². The summed E-state index contributed by atoms with van der Waals surface area (Å²) in [4.78, 5) is 12.8. The molecule has 0 radical (unpaired) electrons. The van der Waals surface area contributed by atoms with Crippen LogP contribution in [0.15, 0.2) is 41.8 Å². The van der Waals surface area contributed by atoms with Crippen LogP contribution in [0.2, 0.25) is 0 Å². The molecule has 0 saturated heterocycles. The molecule has 3 rings (SSSR count). The number of hydrogen-bond donors (Lipinski definition) is 3. The highest BCUT2D eigenvalue weighted by Gasteiger charge is 2.46. The maximum absolute atomic E-state index is 12.7. The van der Waals surface area contributed by atoms with E-state index >= 15 is 0 Å². The predicted octanol–water partition coefficient (Wildman–Crippen LogP) is 4.19. The van der Waals surface area contributed by atoms with E-state index in [1.54, 1.807) is 0 Å². The van der Waals surface area contributed by atoms with Gasteiger partial charge in [0, 0.05) is 10.6 Å². The van der Waals surface area contributed by atoms with Crippen molar-refractivity contribution in [3.8, 4) is 0 Å². The smallest absolute Gasteiger partial charge is 0.382 e. The molecule has 1 unspecified atom stereocenters. The zero-order valence-corrected chi connectivity index (χ0v) is 14.0. The van der Waals surface area contributed by atoms with Gasteiger partial charge in [-0.1, -0.05) is 12.1 Å². The first-order chi connectivity index (χ1) is 11.8. The van der Waals surface area contributed by atoms with Gasteiger partial charge >= 0.3 is 12.2 Å². The Bertz CT molecular complexity index is 745. The molecule has 134 valence electrons. The monoisotopic (exact) mass is 370 g/mol. The molecule has 1 heterocycles. The normalized spacial score (nSPS) is 17.0. The van der Waals surface area contributed by atoms with E-state index in [4.69, 9.17) is 0 Å². The van der Waals surface area contributed by atoms with Crippen molar-refractivity contribution in [2.75, 3.05) is 11.9 Å². The van der Waals surface area contributed by atoms with Gasteiger partial charge in [0.25, 0.3) is 0 Å². The van der Waals surface area contributed by atoms with Gasteiger partial charge in [-0.25, -0.2) is 4.79 Å². The highest BCUT2D eigenvalue weighted by Crippen LogP contribution is 2.46. The lowest BCUT2D eigenvalue weighted by atomic mass is 9.96. The third kappa shape index (κ3) is 4.13. The zero-order valence-electron chi connectivity index (χ0n) is 13.1. The Morgan fingerprint density at radius 3 is 2.60 bits per heavy atom. The maximum atomic E-state index is 12.7. The maximum Gasteiger partial charge on any atom is 0.416 e. The van der Waals surface area contributed by atoms with Gasteiger partial charge in [-0.05, 0) is 48.4 Å². The Balaban J connectivity index is 1.63. The molecule has 0 spiro atoms. The summed E-state index contributed by atoms with van der Waals surface area (Å²) < 4.78 is 38.1. The largest absolute Gasteiger partial charge is 0.416 e. The van der Waals surface area contributed by atoms with Crippen molar-refractivity contribution < 1.29 is 23.1 Å². The molecule has 0 aliphatic heterocycles. The Hall–Kier alpha value is -2.06. The average Bonchev–Trinajstić information content (AvgIpc) is 3.27. The molecule has 2 amide bonds. The number of carbonyl (C=O) groups excluding carboxylic acids is 1. The van der Waals surface area contributed by atoms with Crippen LogP contribution in [0.3, 0.4) is 0 Å². The Labute approximate surface area is 146 Å². The third-order valence-electron chi connectivity index (χ3n) is 4.17.